The third-order valence-corrected chi connectivity index (χ3v) is 12.8. The number of carbonyl (C=O) groups excluding carboxylic acids is 3. The third-order valence-electron chi connectivity index (χ3n) is 11.4. The SMILES string of the molecule is CCc1nc2cc(C(=O)NCCOCCOCCNC(=O)C[C@@H]3N=C(c4ccc(Cl)cc4)c4c(sc(C)c4C)-n4c(C)nnc43)ccc2n1C1CCC2NC(=O)NC2C1. The molecule has 0 spiro atoms. The predicted molar refractivity (Wildman–Crippen MR) is 226 cm³/mol. The molecule has 4 atom stereocenters. The Morgan fingerprint density at radius 1 is 0.949 bits per heavy atom. The van der Waals surface area contributed by atoms with Crippen LogP contribution in [0.3, 0.4) is 0 Å². The van der Waals surface area contributed by atoms with Crippen LogP contribution in [0.4, 0.5) is 4.79 Å². The highest BCUT2D eigenvalue weighted by Gasteiger charge is 2.39. The number of imidazole rings is 1. The second-order valence-corrected chi connectivity index (χ2v) is 16.8. The number of rotatable bonds is 15. The van der Waals surface area contributed by atoms with Crippen LogP contribution in [0.2, 0.25) is 5.02 Å². The molecule has 0 radical (unpaired) electrons. The topological polar surface area (TPSA) is 179 Å². The third kappa shape index (κ3) is 8.49. The molecule has 4 amide bonds. The zero-order chi connectivity index (χ0) is 41.2. The van der Waals surface area contributed by atoms with Crippen LogP contribution in [0.5, 0.6) is 0 Å². The van der Waals surface area contributed by atoms with Gasteiger partial charge in [0.25, 0.3) is 5.91 Å². The maximum absolute atomic E-state index is 13.2. The summed E-state index contributed by atoms with van der Waals surface area (Å²) in [7, 11) is 0. The van der Waals surface area contributed by atoms with Gasteiger partial charge in [0.15, 0.2) is 5.82 Å². The largest absolute Gasteiger partial charge is 0.377 e. The molecule has 2 fully saturated rings. The summed E-state index contributed by atoms with van der Waals surface area (Å²) in [5, 5.41) is 22.4. The average Bonchev–Trinajstić information content (AvgIpc) is 3.96. The maximum Gasteiger partial charge on any atom is 0.315 e. The summed E-state index contributed by atoms with van der Waals surface area (Å²) >= 11 is 7.89. The van der Waals surface area contributed by atoms with Crippen molar-refractivity contribution in [2.75, 3.05) is 39.5 Å². The molecular weight excluding hydrogens is 792 g/mol. The Balaban J connectivity index is 0.769. The number of benzene rings is 2. The monoisotopic (exact) mass is 840 g/mol. The molecule has 1 saturated carbocycles. The number of aryl methyl sites for hydroxylation is 3. The van der Waals surface area contributed by atoms with E-state index in [0.717, 1.165) is 75.8 Å². The van der Waals surface area contributed by atoms with Crippen LogP contribution >= 0.6 is 22.9 Å². The Hall–Kier alpha value is -5.16. The lowest BCUT2D eigenvalue weighted by Crippen LogP contribution is -2.40. The summed E-state index contributed by atoms with van der Waals surface area (Å²) in [6.07, 6.45) is 3.58. The van der Waals surface area contributed by atoms with Gasteiger partial charge in [-0.2, -0.15) is 0 Å². The number of amides is 4. The zero-order valence-electron chi connectivity index (χ0n) is 33.6. The Morgan fingerprint density at radius 2 is 1.69 bits per heavy atom. The number of halogens is 1. The van der Waals surface area contributed by atoms with Gasteiger partial charge in [-0.25, -0.2) is 9.78 Å². The van der Waals surface area contributed by atoms with E-state index in [1.54, 1.807) is 11.3 Å². The summed E-state index contributed by atoms with van der Waals surface area (Å²) in [6.45, 7) is 10.2. The van der Waals surface area contributed by atoms with Crippen molar-refractivity contribution in [3.05, 3.63) is 92.1 Å². The highest BCUT2D eigenvalue weighted by atomic mass is 35.5. The van der Waals surface area contributed by atoms with Gasteiger partial charge in [0, 0.05) is 52.1 Å². The summed E-state index contributed by atoms with van der Waals surface area (Å²) in [5.74, 6) is 1.98. The minimum absolute atomic E-state index is 0.0893. The summed E-state index contributed by atoms with van der Waals surface area (Å²) in [6, 6.07) is 13.1. The first-order valence-electron chi connectivity index (χ1n) is 20.2. The first-order chi connectivity index (χ1) is 28.6. The van der Waals surface area contributed by atoms with Gasteiger partial charge >= 0.3 is 6.03 Å². The standard InChI is InChI=1S/C42H49ClN10O5S/c1-5-35-46-32-20-27(8-13-34(32)53(35)29-11-12-30-31(21-29)49-42(56)48-30)40(55)45-15-17-58-19-18-57-16-14-44-36(54)22-33-39-51-50-25(4)52(39)41-37(23(2)24(3)59-41)38(47-33)26-6-9-28(43)10-7-26/h6-10,13,20,29-31,33H,5,11-12,14-19,21-22H2,1-4H3,(H,44,54)(H,45,55)(H2,48,49,56)/t29?,30?,31?,33-/m0/s1. The number of aliphatic imine (C=N–C) groups is 1. The molecule has 4 N–H and O–H groups in total. The fourth-order valence-electron chi connectivity index (χ4n) is 8.34. The normalized spacial score (nSPS) is 19.6. The molecule has 0 bridgehead atoms. The molecule has 3 unspecified atom stereocenters. The molecule has 59 heavy (non-hydrogen) atoms. The zero-order valence-corrected chi connectivity index (χ0v) is 35.2. The quantitative estimate of drug-likeness (QED) is 0.101. The molecule has 1 saturated heterocycles. The van der Waals surface area contributed by atoms with Crippen LogP contribution < -0.4 is 21.3 Å². The molecule has 8 rings (SSSR count). The maximum atomic E-state index is 13.2. The molecule has 3 aromatic heterocycles. The molecule has 310 valence electrons. The highest BCUT2D eigenvalue weighted by molar-refractivity contribution is 7.15. The predicted octanol–water partition coefficient (Wildman–Crippen LogP) is 5.46. The number of fused-ring (bicyclic) bond motifs is 5. The van der Waals surface area contributed by atoms with E-state index in [4.69, 9.17) is 31.1 Å². The van der Waals surface area contributed by atoms with Gasteiger partial charge in [0.2, 0.25) is 5.91 Å². The van der Waals surface area contributed by atoms with E-state index in [-0.39, 0.29) is 42.4 Å². The second kappa shape index (κ2) is 17.6. The van der Waals surface area contributed by atoms with Crippen LogP contribution in [0.15, 0.2) is 47.5 Å². The van der Waals surface area contributed by atoms with Gasteiger partial charge in [-0.05, 0) is 75.9 Å². The fourth-order valence-corrected chi connectivity index (χ4v) is 9.68. The van der Waals surface area contributed by atoms with Crippen molar-refractivity contribution >= 4 is 57.5 Å². The summed E-state index contributed by atoms with van der Waals surface area (Å²) < 4.78 is 15.7. The van der Waals surface area contributed by atoms with Gasteiger partial charge in [0.05, 0.1) is 61.7 Å². The van der Waals surface area contributed by atoms with Crippen molar-refractivity contribution in [2.45, 2.75) is 84.0 Å². The molecule has 5 heterocycles. The summed E-state index contributed by atoms with van der Waals surface area (Å²) in [4.78, 5) is 49.3. The Labute approximate surface area is 351 Å². The van der Waals surface area contributed by atoms with Crippen molar-refractivity contribution in [3.8, 4) is 5.00 Å². The fraction of sp³-hybridized carbons (Fsp3) is 0.452. The smallest absolute Gasteiger partial charge is 0.315 e. The molecule has 17 heteroatoms. The number of hydrogen-bond acceptors (Lipinski definition) is 10. The van der Waals surface area contributed by atoms with E-state index in [1.807, 2.05) is 54.0 Å². The van der Waals surface area contributed by atoms with E-state index >= 15 is 0 Å². The number of carbonyl (C=O) groups is 3. The van der Waals surface area contributed by atoms with Gasteiger partial charge in [0.1, 0.15) is 22.7 Å². The number of nitrogens with one attached hydrogen (secondary N) is 4. The summed E-state index contributed by atoms with van der Waals surface area (Å²) in [5.41, 5.74) is 6.19. The van der Waals surface area contributed by atoms with Gasteiger partial charge in [-0.15, -0.1) is 21.5 Å². The van der Waals surface area contributed by atoms with E-state index in [9.17, 15) is 14.4 Å². The molecule has 15 nitrogen and oxygen atoms in total. The lowest BCUT2D eigenvalue weighted by Gasteiger charge is -2.32. The van der Waals surface area contributed by atoms with Crippen molar-refractivity contribution in [2.24, 2.45) is 4.99 Å². The molecule has 1 aliphatic carbocycles. The van der Waals surface area contributed by atoms with Crippen LogP contribution in [0, 0.1) is 20.8 Å². The van der Waals surface area contributed by atoms with Gasteiger partial charge in [-0.3, -0.25) is 19.1 Å². The number of nitrogens with zero attached hydrogens (tertiary/aromatic N) is 6. The van der Waals surface area contributed by atoms with Crippen molar-refractivity contribution in [1.29, 1.82) is 0 Å². The molecule has 5 aromatic rings. The van der Waals surface area contributed by atoms with E-state index in [0.29, 0.717) is 55.9 Å². The lowest BCUT2D eigenvalue weighted by molar-refractivity contribution is -0.121. The highest BCUT2D eigenvalue weighted by Crippen LogP contribution is 2.40. The van der Waals surface area contributed by atoms with Crippen molar-refractivity contribution < 1.29 is 23.9 Å². The van der Waals surface area contributed by atoms with Crippen molar-refractivity contribution in [1.82, 2.24) is 45.6 Å². The van der Waals surface area contributed by atoms with Crippen molar-refractivity contribution in [3.63, 3.8) is 0 Å². The average molecular weight is 841 g/mol. The van der Waals surface area contributed by atoms with Crippen LogP contribution in [0.1, 0.15) is 94.1 Å². The number of hydrogen-bond donors (Lipinski definition) is 4. The number of thiophene rings is 1. The Kier molecular flexibility index (Phi) is 12.1. The van der Waals surface area contributed by atoms with Gasteiger partial charge < -0.3 is 35.3 Å². The molecular formula is C42H49ClN10O5S. The minimum Gasteiger partial charge on any atom is -0.377 e. The number of aromatic nitrogens is 5. The van der Waals surface area contributed by atoms with E-state index in [1.165, 1.54) is 4.88 Å². The minimum atomic E-state index is -0.552. The Morgan fingerprint density at radius 3 is 2.46 bits per heavy atom. The first kappa shape index (κ1) is 40.6. The lowest BCUT2D eigenvalue weighted by atomic mass is 9.87. The molecule has 2 aromatic carbocycles. The van der Waals surface area contributed by atoms with Crippen LogP contribution in [-0.4, -0.2) is 99.5 Å². The van der Waals surface area contributed by atoms with Gasteiger partial charge in [-0.1, -0.05) is 30.7 Å². The van der Waals surface area contributed by atoms with E-state index in [2.05, 4.69) is 56.8 Å². The van der Waals surface area contributed by atoms with Crippen LogP contribution in [0.25, 0.3) is 16.0 Å². The Bertz CT molecular complexity index is 2410. The molecule has 2 aliphatic heterocycles. The number of ether oxygens (including phenoxy) is 2. The number of urea groups is 1. The van der Waals surface area contributed by atoms with E-state index < -0.39 is 6.04 Å². The second-order valence-electron chi connectivity index (χ2n) is 15.2. The molecule has 3 aliphatic rings. The van der Waals surface area contributed by atoms with Crippen LogP contribution in [-0.2, 0) is 20.7 Å². The first-order valence-corrected chi connectivity index (χ1v) is 21.4.